The van der Waals surface area contributed by atoms with E-state index in [1.807, 2.05) is 54.6 Å². The lowest BCUT2D eigenvalue weighted by Crippen LogP contribution is -2.01. The third kappa shape index (κ3) is 2.81. The average molecular weight is 337 g/mol. The van der Waals surface area contributed by atoms with Crippen LogP contribution < -0.4 is 5.32 Å². The van der Waals surface area contributed by atoms with E-state index in [1.54, 1.807) is 0 Å². The summed E-state index contributed by atoms with van der Waals surface area (Å²) in [7, 11) is 0. The summed E-state index contributed by atoms with van der Waals surface area (Å²) in [5.74, 6) is 0.622. The Balaban J connectivity index is 1.67. The standard InChI is InChI=1S/C18H13ClN4O/c19-14-8-6-13(7-9-14)15-16-17(24-23-15)18(22-11-21-16)20-10-12-4-2-1-3-5-12/h1-9,11H,10H2,(H,20,21,22). The molecule has 0 aliphatic rings. The van der Waals surface area contributed by atoms with Crippen LogP contribution in [-0.4, -0.2) is 15.1 Å². The molecule has 2 aromatic carbocycles. The Labute approximate surface area is 143 Å². The van der Waals surface area contributed by atoms with E-state index in [0.29, 0.717) is 34.2 Å². The smallest absolute Gasteiger partial charge is 0.228 e. The van der Waals surface area contributed by atoms with Gasteiger partial charge in [0.15, 0.2) is 5.82 Å². The Bertz CT molecular complexity index is 967. The van der Waals surface area contributed by atoms with Crippen molar-refractivity contribution in [2.45, 2.75) is 6.54 Å². The van der Waals surface area contributed by atoms with E-state index in [9.17, 15) is 0 Å². The fourth-order valence-electron chi connectivity index (χ4n) is 2.47. The fourth-order valence-corrected chi connectivity index (χ4v) is 2.59. The van der Waals surface area contributed by atoms with E-state index in [-0.39, 0.29) is 0 Å². The van der Waals surface area contributed by atoms with Crippen molar-refractivity contribution in [3.63, 3.8) is 0 Å². The molecule has 0 bridgehead atoms. The summed E-state index contributed by atoms with van der Waals surface area (Å²) < 4.78 is 5.48. The summed E-state index contributed by atoms with van der Waals surface area (Å²) in [6.07, 6.45) is 1.51. The predicted octanol–water partition coefficient (Wildman–Crippen LogP) is 4.55. The summed E-state index contributed by atoms with van der Waals surface area (Å²) >= 11 is 5.94. The van der Waals surface area contributed by atoms with Gasteiger partial charge in [-0.2, -0.15) is 0 Å². The lowest BCUT2D eigenvalue weighted by molar-refractivity contribution is 0.459. The number of anilines is 1. The first-order chi connectivity index (χ1) is 11.8. The number of nitrogens with zero attached hydrogens (tertiary/aromatic N) is 3. The van der Waals surface area contributed by atoms with Gasteiger partial charge in [-0.1, -0.05) is 59.2 Å². The van der Waals surface area contributed by atoms with E-state index in [4.69, 9.17) is 16.1 Å². The Morgan fingerprint density at radius 3 is 2.54 bits per heavy atom. The van der Waals surface area contributed by atoms with Crippen molar-refractivity contribution < 1.29 is 4.52 Å². The maximum Gasteiger partial charge on any atom is 0.228 e. The van der Waals surface area contributed by atoms with E-state index < -0.39 is 0 Å². The van der Waals surface area contributed by atoms with Gasteiger partial charge in [-0.05, 0) is 17.7 Å². The predicted molar refractivity (Wildman–Crippen MR) is 93.8 cm³/mol. The summed E-state index contributed by atoms with van der Waals surface area (Å²) in [4.78, 5) is 8.58. The van der Waals surface area contributed by atoms with Crippen molar-refractivity contribution in [3.8, 4) is 11.3 Å². The number of hydrogen-bond acceptors (Lipinski definition) is 5. The number of hydrogen-bond donors (Lipinski definition) is 1. The minimum Gasteiger partial charge on any atom is -0.363 e. The zero-order valence-corrected chi connectivity index (χ0v) is 13.4. The molecule has 0 fully saturated rings. The largest absolute Gasteiger partial charge is 0.363 e. The Morgan fingerprint density at radius 1 is 0.958 bits per heavy atom. The van der Waals surface area contributed by atoms with Crippen molar-refractivity contribution >= 4 is 28.5 Å². The maximum absolute atomic E-state index is 5.94. The van der Waals surface area contributed by atoms with Gasteiger partial charge in [0, 0.05) is 17.1 Å². The van der Waals surface area contributed by atoms with Gasteiger partial charge >= 0.3 is 0 Å². The molecular weight excluding hydrogens is 324 g/mol. The molecular formula is C18H13ClN4O. The van der Waals surface area contributed by atoms with Crippen LogP contribution in [-0.2, 0) is 6.54 Å². The molecule has 2 aromatic heterocycles. The number of aromatic nitrogens is 3. The molecule has 118 valence electrons. The van der Waals surface area contributed by atoms with Crippen molar-refractivity contribution in [1.29, 1.82) is 0 Å². The lowest BCUT2D eigenvalue weighted by atomic mass is 10.1. The van der Waals surface area contributed by atoms with Gasteiger partial charge in [0.25, 0.3) is 0 Å². The first kappa shape index (κ1) is 14.7. The molecule has 0 spiro atoms. The van der Waals surface area contributed by atoms with Gasteiger partial charge < -0.3 is 9.84 Å². The highest BCUT2D eigenvalue weighted by Gasteiger charge is 2.15. The summed E-state index contributed by atoms with van der Waals surface area (Å²) in [5.41, 5.74) is 3.93. The molecule has 0 unspecified atom stereocenters. The third-order valence-corrected chi connectivity index (χ3v) is 3.93. The van der Waals surface area contributed by atoms with Gasteiger partial charge in [0.05, 0.1) is 0 Å². The zero-order chi connectivity index (χ0) is 16.4. The molecule has 24 heavy (non-hydrogen) atoms. The fraction of sp³-hybridized carbons (Fsp3) is 0.0556. The second-order valence-electron chi connectivity index (χ2n) is 5.28. The van der Waals surface area contributed by atoms with E-state index >= 15 is 0 Å². The highest BCUT2D eigenvalue weighted by molar-refractivity contribution is 6.30. The first-order valence-corrected chi connectivity index (χ1v) is 7.83. The summed E-state index contributed by atoms with van der Waals surface area (Å²) in [6, 6.07) is 17.5. The van der Waals surface area contributed by atoms with Crippen molar-refractivity contribution in [1.82, 2.24) is 15.1 Å². The Kier molecular flexibility index (Phi) is 3.84. The Hall–Kier alpha value is -2.92. The molecule has 4 aromatic rings. The van der Waals surface area contributed by atoms with Gasteiger partial charge in [0.1, 0.15) is 17.5 Å². The number of rotatable bonds is 4. The van der Waals surface area contributed by atoms with Gasteiger partial charge in [-0.25, -0.2) is 9.97 Å². The number of fused-ring (bicyclic) bond motifs is 1. The molecule has 0 atom stereocenters. The summed E-state index contributed by atoms with van der Waals surface area (Å²) in [5, 5.41) is 8.09. The molecule has 0 radical (unpaired) electrons. The van der Waals surface area contributed by atoms with E-state index in [0.717, 1.165) is 11.1 Å². The highest BCUT2D eigenvalue weighted by Crippen LogP contribution is 2.30. The molecule has 0 saturated carbocycles. The molecule has 0 amide bonds. The number of halogens is 1. The van der Waals surface area contributed by atoms with Gasteiger partial charge in [0.2, 0.25) is 5.58 Å². The monoisotopic (exact) mass is 336 g/mol. The van der Waals surface area contributed by atoms with Gasteiger partial charge in [-0.15, -0.1) is 0 Å². The van der Waals surface area contributed by atoms with Gasteiger partial charge in [-0.3, -0.25) is 0 Å². The van der Waals surface area contributed by atoms with Crippen LogP contribution in [0.1, 0.15) is 5.56 Å². The minimum atomic E-state index is 0.540. The van der Waals surface area contributed by atoms with Crippen LogP contribution in [0.15, 0.2) is 65.4 Å². The zero-order valence-electron chi connectivity index (χ0n) is 12.6. The molecule has 2 heterocycles. The molecule has 5 nitrogen and oxygen atoms in total. The highest BCUT2D eigenvalue weighted by atomic mass is 35.5. The molecule has 0 aliphatic heterocycles. The molecule has 1 N–H and O–H groups in total. The van der Waals surface area contributed by atoms with Crippen LogP contribution in [0.3, 0.4) is 0 Å². The quantitative estimate of drug-likeness (QED) is 0.592. The summed E-state index contributed by atoms with van der Waals surface area (Å²) in [6.45, 7) is 0.643. The van der Waals surface area contributed by atoms with Crippen molar-refractivity contribution in [2.75, 3.05) is 5.32 Å². The second-order valence-corrected chi connectivity index (χ2v) is 5.71. The van der Waals surface area contributed by atoms with E-state index in [1.165, 1.54) is 6.33 Å². The maximum atomic E-state index is 5.94. The van der Waals surface area contributed by atoms with Crippen LogP contribution in [0, 0.1) is 0 Å². The normalized spacial score (nSPS) is 10.9. The van der Waals surface area contributed by atoms with Crippen LogP contribution in [0.2, 0.25) is 5.02 Å². The van der Waals surface area contributed by atoms with Crippen LogP contribution in [0.4, 0.5) is 5.82 Å². The van der Waals surface area contributed by atoms with Crippen molar-refractivity contribution in [2.24, 2.45) is 0 Å². The molecule has 0 aliphatic carbocycles. The second kappa shape index (κ2) is 6.29. The lowest BCUT2D eigenvalue weighted by Gasteiger charge is -2.05. The molecule has 0 saturated heterocycles. The topological polar surface area (TPSA) is 63.8 Å². The van der Waals surface area contributed by atoms with E-state index in [2.05, 4.69) is 20.4 Å². The number of nitrogens with one attached hydrogen (secondary N) is 1. The van der Waals surface area contributed by atoms with Crippen molar-refractivity contribution in [3.05, 3.63) is 71.5 Å². The number of benzene rings is 2. The third-order valence-electron chi connectivity index (χ3n) is 3.68. The van der Waals surface area contributed by atoms with Crippen LogP contribution >= 0.6 is 11.6 Å². The molecule has 4 rings (SSSR count). The average Bonchev–Trinajstić information content (AvgIpc) is 3.06. The first-order valence-electron chi connectivity index (χ1n) is 7.45. The minimum absolute atomic E-state index is 0.540. The SMILES string of the molecule is Clc1ccc(-c2noc3c(NCc4ccccc4)ncnc23)cc1. The van der Waals surface area contributed by atoms with Crippen LogP contribution in [0.5, 0.6) is 0 Å². The molecule has 6 heteroatoms. The van der Waals surface area contributed by atoms with Crippen LogP contribution in [0.25, 0.3) is 22.4 Å². The Morgan fingerprint density at radius 2 is 1.75 bits per heavy atom.